The van der Waals surface area contributed by atoms with Crippen molar-refractivity contribution in [1.29, 1.82) is 5.41 Å². The topological polar surface area (TPSA) is 168 Å². The Balaban J connectivity index is 1.51. The van der Waals surface area contributed by atoms with E-state index in [9.17, 15) is 9.90 Å². The van der Waals surface area contributed by atoms with Crippen molar-refractivity contribution in [2.24, 2.45) is 11.5 Å². The number of aliphatic hydroxyl groups excluding tert-OH is 1. The zero-order chi connectivity index (χ0) is 29.5. The summed E-state index contributed by atoms with van der Waals surface area (Å²) in [5.41, 5.74) is 14.1. The van der Waals surface area contributed by atoms with Gasteiger partial charge in [0.05, 0.1) is 35.7 Å². The Kier molecular flexibility index (Phi) is 10.1. The average molecular weight is 584 g/mol. The number of fused-ring (bicyclic) bond motifs is 1. The number of hydrogen-bond donors (Lipinski definition) is 6. The second-order valence-electron chi connectivity index (χ2n) is 10.1. The number of aryl methyl sites for hydroxylation is 1. The van der Waals surface area contributed by atoms with Crippen molar-refractivity contribution >= 4 is 28.6 Å². The minimum Gasteiger partial charge on any atom is -0.394 e. The molecule has 2 heterocycles. The number of aromatic nitrogens is 3. The summed E-state index contributed by atoms with van der Waals surface area (Å²) in [7, 11) is 0. The van der Waals surface area contributed by atoms with Crippen LogP contribution in [0.1, 0.15) is 37.3 Å². The van der Waals surface area contributed by atoms with Crippen LogP contribution in [0, 0.1) is 11.2 Å². The van der Waals surface area contributed by atoms with E-state index in [4.69, 9.17) is 33.2 Å². The van der Waals surface area contributed by atoms with E-state index in [1.165, 1.54) is 4.57 Å². The number of halogens is 2. The number of aliphatic hydroxyl groups is 1. The molecule has 4 aromatic rings. The molecule has 2 atom stereocenters. The van der Waals surface area contributed by atoms with Crippen molar-refractivity contribution in [3.05, 3.63) is 81.1 Å². The van der Waals surface area contributed by atoms with E-state index >= 15 is 4.39 Å². The molecule has 0 saturated carbocycles. The maximum Gasteiger partial charge on any atom is 0.354 e. The van der Waals surface area contributed by atoms with Crippen molar-refractivity contribution < 1.29 is 14.2 Å². The third kappa shape index (κ3) is 7.92. The summed E-state index contributed by atoms with van der Waals surface area (Å²) < 4.78 is 22.2. The van der Waals surface area contributed by atoms with Crippen molar-refractivity contribution in [3.63, 3.8) is 0 Å². The lowest BCUT2D eigenvalue weighted by molar-refractivity contribution is -0.00121. The zero-order valence-electron chi connectivity index (χ0n) is 22.8. The summed E-state index contributed by atoms with van der Waals surface area (Å²) in [6, 6.07) is 12.4. The fourth-order valence-electron chi connectivity index (χ4n) is 4.50. The van der Waals surface area contributed by atoms with E-state index in [0.29, 0.717) is 40.9 Å². The molecule has 0 amide bonds. The number of nitrogens with zero attached hydrogens (tertiary/aromatic N) is 2. The molecule has 0 unspecified atom stereocenters. The maximum atomic E-state index is 15.0. The lowest BCUT2D eigenvalue weighted by atomic mass is 10.0. The number of guanidine groups is 1. The Hall–Kier alpha value is -3.77. The molecule has 4 rings (SSSR count). The van der Waals surface area contributed by atoms with E-state index in [2.05, 4.69) is 15.3 Å². The fraction of sp³-hybridized carbons (Fsp3) is 0.345. The molecule has 2 aromatic heterocycles. The number of benzene rings is 2. The summed E-state index contributed by atoms with van der Waals surface area (Å²) in [6.07, 6.45) is 4.17. The third-order valence-electron chi connectivity index (χ3n) is 6.70. The van der Waals surface area contributed by atoms with E-state index < -0.39 is 17.6 Å². The molecule has 0 aliphatic rings. The molecule has 218 valence electrons. The Morgan fingerprint density at radius 3 is 2.68 bits per heavy atom. The molecule has 0 radical (unpaired) electrons. The van der Waals surface area contributed by atoms with E-state index in [-0.39, 0.29) is 30.2 Å². The van der Waals surface area contributed by atoms with Crippen LogP contribution in [-0.2, 0) is 17.8 Å². The number of aromatic amines is 1. The van der Waals surface area contributed by atoms with Gasteiger partial charge in [0, 0.05) is 29.7 Å². The van der Waals surface area contributed by atoms with Crippen molar-refractivity contribution in [2.75, 3.05) is 13.2 Å². The number of rotatable bonds is 13. The van der Waals surface area contributed by atoms with Gasteiger partial charge in [-0.2, -0.15) is 4.98 Å². The second-order valence-corrected chi connectivity index (χ2v) is 10.5. The smallest absolute Gasteiger partial charge is 0.354 e. The molecular weight excluding hydrogens is 549 g/mol. The predicted molar refractivity (Wildman–Crippen MR) is 159 cm³/mol. The molecule has 12 heteroatoms. The molecule has 0 spiro atoms. The highest BCUT2D eigenvalue weighted by atomic mass is 35.5. The first-order chi connectivity index (χ1) is 19.6. The Bertz CT molecular complexity index is 1550. The summed E-state index contributed by atoms with van der Waals surface area (Å²) in [4.78, 5) is 20.1. The van der Waals surface area contributed by atoms with Crippen LogP contribution in [0.3, 0.4) is 0 Å². The zero-order valence-corrected chi connectivity index (χ0v) is 23.5. The molecule has 0 aliphatic carbocycles. The van der Waals surface area contributed by atoms with Crippen LogP contribution in [0.25, 0.3) is 28.0 Å². The van der Waals surface area contributed by atoms with E-state index in [1.54, 1.807) is 36.5 Å². The molecule has 0 aliphatic heterocycles. The maximum absolute atomic E-state index is 15.0. The molecule has 8 N–H and O–H groups in total. The first-order valence-electron chi connectivity index (χ1n) is 13.4. The van der Waals surface area contributed by atoms with Crippen molar-refractivity contribution in [2.45, 2.75) is 51.4 Å². The normalized spacial score (nSPS) is 12.9. The van der Waals surface area contributed by atoms with Crippen LogP contribution in [0.4, 0.5) is 4.39 Å². The van der Waals surface area contributed by atoms with Gasteiger partial charge in [-0.05, 0) is 74.1 Å². The Morgan fingerprint density at radius 1 is 1.24 bits per heavy atom. The minimum absolute atomic E-state index is 0.0339. The minimum atomic E-state index is -0.541. The SMILES string of the molecule is C[C@H](N)CCCc1cc(Cl)c(F)c(-c2cc3cn(-c4ccc(CO[C@H](CO)CCNC(=N)N)cc4)c(=O)nc3[nH]2)c1. The monoisotopic (exact) mass is 583 g/mol. The van der Waals surface area contributed by atoms with Crippen LogP contribution in [0.2, 0.25) is 5.02 Å². The number of ether oxygens (including phenoxy) is 1. The highest BCUT2D eigenvalue weighted by molar-refractivity contribution is 6.31. The number of nitrogens with one attached hydrogen (secondary N) is 3. The Labute approximate surface area is 242 Å². The van der Waals surface area contributed by atoms with E-state index in [0.717, 1.165) is 30.4 Å². The lowest BCUT2D eigenvalue weighted by Crippen LogP contribution is -2.33. The first kappa shape index (κ1) is 30.2. The highest BCUT2D eigenvalue weighted by Crippen LogP contribution is 2.31. The van der Waals surface area contributed by atoms with Gasteiger partial charge < -0.3 is 31.6 Å². The summed E-state index contributed by atoms with van der Waals surface area (Å²) >= 11 is 6.21. The van der Waals surface area contributed by atoms with Gasteiger partial charge in [-0.3, -0.25) is 9.98 Å². The molecular formula is C29H35ClFN7O3. The Morgan fingerprint density at radius 2 is 2.00 bits per heavy atom. The average Bonchev–Trinajstić information content (AvgIpc) is 3.34. The number of H-pyrrole nitrogens is 1. The van der Waals surface area contributed by atoms with Gasteiger partial charge in [0.25, 0.3) is 0 Å². The summed E-state index contributed by atoms with van der Waals surface area (Å²) in [5, 5.41) is 20.1. The van der Waals surface area contributed by atoms with Gasteiger partial charge in [0.2, 0.25) is 0 Å². The largest absolute Gasteiger partial charge is 0.394 e. The second kappa shape index (κ2) is 13.7. The van der Waals surface area contributed by atoms with Gasteiger partial charge in [0.1, 0.15) is 5.65 Å². The molecule has 41 heavy (non-hydrogen) atoms. The van der Waals surface area contributed by atoms with Crippen LogP contribution in [-0.4, -0.2) is 50.9 Å². The van der Waals surface area contributed by atoms with Gasteiger partial charge in [-0.1, -0.05) is 23.7 Å². The van der Waals surface area contributed by atoms with Gasteiger partial charge in [0.15, 0.2) is 11.8 Å². The van der Waals surface area contributed by atoms with Gasteiger partial charge in [-0.25, -0.2) is 9.18 Å². The predicted octanol–water partition coefficient (Wildman–Crippen LogP) is 3.59. The highest BCUT2D eigenvalue weighted by Gasteiger charge is 2.16. The lowest BCUT2D eigenvalue weighted by Gasteiger charge is -2.16. The third-order valence-corrected chi connectivity index (χ3v) is 6.97. The molecule has 0 bridgehead atoms. The first-order valence-corrected chi connectivity index (χ1v) is 13.8. The van der Waals surface area contributed by atoms with Gasteiger partial charge >= 0.3 is 5.69 Å². The molecule has 2 aromatic carbocycles. The van der Waals surface area contributed by atoms with Crippen molar-refractivity contribution in [3.8, 4) is 16.9 Å². The summed E-state index contributed by atoms with van der Waals surface area (Å²) in [6.45, 7) is 2.47. The molecule has 10 nitrogen and oxygen atoms in total. The van der Waals surface area contributed by atoms with Crippen molar-refractivity contribution in [1.82, 2.24) is 19.9 Å². The van der Waals surface area contributed by atoms with E-state index in [1.807, 2.05) is 19.1 Å². The van der Waals surface area contributed by atoms with Crippen LogP contribution >= 0.6 is 11.6 Å². The number of nitrogens with two attached hydrogens (primary N) is 2. The molecule has 0 saturated heterocycles. The standard InChI is InChI=1S/C29H35ClFN7O3/c1-17(32)3-2-4-19-11-23(26(31)24(30)12-19)25-13-20-14-38(29(40)37-27(20)36-25)21-7-5-18(6-8-21)16-41-22(15-39)9-10-35-28(33)34/h5-8,11-14,17,22,39H,2-4,9-10,15-16,32H2,1H3,(H4,33,34,35)(H,36,37,40)/t17-,22-/m0/s1. The van der Waals surface area contributed by atoms with Crippen LogP contribution in [0.5, 0.6) is 0 Å². The number of hydrogen-bond acceptors (Lipinski definition) is 6. The van der Waals surface area contributed by atoms with Crippen LogP contribution < -0.4 is 22.5 Å². The fourth-order valence-corrected chi connectivity index (χ4v) is 4.74. The molecule has 0 fully saturated rings. The van der Waals surface area contributed by atoms with Crippen LogP contribution in [0.15, 0.2) is 53.5 Å². The van der Waals surface area contributed by atoms with Gasteiger partial charge in [-0.15, -0.1) is 0 Å². The summed E-state index contributed by atoms with van der Waals surface area (Å²) in [5.74, 6) is -0.675. The quantitative estimate of drug-likeness (QED) is 0.103.